The summed E-state index contributed by atoms with van der Waals surface area (Å²) in [6.07, 6.45) is 0. The Balaban J connectivity index is 1.40. The number of amides is 1. The maximum Gasteiger partial charge on any atom is 0.251 e. The Bertz CT molecular complexity index is 876. The van der Waals surface area contributed by atoms with Gasteiger partial charge in [-0.25, -0.2) is 0 Å². The molecule has 0 saturated carbocycles. The second kappa shape index (κ2) is 6.64. The molecule has 6 heteroatoms. The lowest BCUT2D eigenvalue weighted by molar-refractivity contribution is 0.0931. The highest BCUT2D eigenvalue weighted by molar-refractivity contribution is 5.97. The highest BCUT2D eigenvalue weighted by atomic mass is 16.1. The molecule has 0 radical (unpaired) electrons. The molecule has 0 bridgehead atoms. The molecule has 2 heterocycles. The summed E-state index contributed by atoms with van der Waals surface area (Å²) in [6, 6.07) is 16.0. The standard InChI is InChI=1S/C19H21N5O/c1-13-10-24(11-14-5-3-2-4-6-14)12-18(13)20-19(25)15-7-8-16-17(9-15)22-23-21-16/h2-9,13,18H,10-12H2,1H3,(H,20,25)(H,21,22,23). The van der Waals surface area contributed by atoms with Gasteiger partial charge >= 0.3 is 0 Å². The van der Waals surface area contributed by atoms with Gasteiger partial charge in [-0.3, -0.25) is 9.69 Å². The molecule has 1 fully saturated rings. The highest BCUT2D eigenvalue weighted by Gasteiger charge is 2.30. The van der Waals surface area contributed by atoms with E-state index in [2.05, 4.69) is 56.8 Å². The maximum absolute atomic E-state index is 12.6. The quantitative estimate of drug-likeness (QED) is 0.767. The van der Waals surface area contributed by atoms with E-state index in [1.165, 1.54) is 5.56 Å². The van der Waals surface area contributed by atoms with Crippen molar-refractivity contribution < 1.29 is 4.79 Å². The van der Waals surface area contributed by atoms with Gasteiger partial charge in [0.1, 0.15) is 11.0 Å². The molecule has 1 amide bonds. The van der Waals surface area contributed by atoms with Crippen LogP contribution in [0.5, 0.6) is 0 Å². The molecular weight excluding hydrogens is 314 g/mol. The van der Waals surface area contributed by atoms with Crippen molar-refractivity contribution in [2.24, 2.45) is 5.92 Å². The number of rotatable bonds is 4. The van der Waals surface area contributed by atoms with Crippen molar-refractivity contribution in [1.29, 1.82) is 0 Å². The number of H-pyrrole nitrogens is 1. The third-order valence-corrected chi connectivity index (χ3v) is 4.83. The number of hydrogen-bond donors (Lipinski definition) is 2. The van der Waals surface area contributed by atoms with E-state index in [0.717, 1.165) is 25.2 Å². The van der Waals surface area contributed by atoms with Crippen LogP contribution in [0, 0.1) is 5.92 Å². The lowest BCUT2D eigenvalue weighted by Crippen LogP contribution is -2.39. The summed E-state index contributed by atoms with van der Waals surface area (Å²) in [4.78, 5) is 15.0. The van der Waals surface area contributed by atoms with Crippen molar-refractivity contribution in [1.82, 2.24) is 25.6 Å². The fourth-order valence-corrected chi connectivity index (χ4v) is 3.46. The summed E-state index contributed by atoms with van der Waals surface area (Å²) in [5.41, 5.74) is 3.39. The summed E-state index contributed by atoms with van der Waals surface area (Å²) < 4.78 is 0. The Morgan fingerprint density at radius 2 is 1.96 bits per heavy atom. The van der Waals surface area contributed by atoms with E-state index >= 15 is 0 Å². The van der Waals surface area contributed by atoms with E-state index in [-0.39, 0.29) is 11.9 Å². The van der Waals surface area contributed by atoms with Crippen molar-refractivity contribution >= 4 is 16.9 Å². The van der Waals surface area contributed by atoms with Crippen LogP contribution in [-0.2, 0) is 6.54 Å². The van der Waals surface area contributed by atoms with Crippen molar-refractivity contribution in [2.45, 2.75) is 19.5 Å². The molecule has 2 N–H and O–H groups in total. The molecule has 128 valence electrons. The van der Waals surface area contributed by atoms with Crippen molar-refractivity contribution in [3.8, 4) is 0 Å². The molecule has 0 aliphatic carbocycles. The zero-order valence-electron chi connectivity index (χ0n) is 14.1. The Hall–Kier alpha value is -2.73. The van der Waals surface area contributed by atoms with E-state index in [4.69, 9.17) is 0 Å². The first kappa shape index (κ1) is 15.8. The number of carbonyl (C=O) groups excluding carboxylic acids is 1. The SMILES string of the molecule is CC1CN(Cc2ccccc2)CC1NC(=O)c1ccc2n[nH]nc2c1. The van der Waals surface area contributed by atoms with E-state index in [1.807, 2.05) is 12.1 Å². The number of nitrogens with one attached hydrogen (secondary N) is 2. The topological polar surface area (TPSA) is 73.9 Å². The Kier molecular flexibility index (Phi) is 4.19. The minimum absolute atomic E-state index is 0.0525. The van der Waals surface area contributed by atoms with E-state index in [0.29, 0.717) is 17.0 Å². The number of carbonyl (C=O) groups is 1. The van der Waals surface area contributed by atoms with Gasteiger partial charge in [0.25, 0.3) is 5.91 Å². The van der Waals surface area contributed by atoms with Gasteiger partial charge in [0, 0.05) is 31.2 Å². The number of fused-ring (bicyclic) bond motifs is 1. The summed E-state index contributed by atoms with van der Waals surface area (Å²) in [5.74, 6) is 0.367. The van der Waals surface area contributed by atoms with Crippen LogP contribution in [0.1, 0.15) is 22.8 Å². The number of nitrogens with zero attached hydrogens (tertiary/aromatic N) is 3. The first-order chi connectivity index (χ1) is 12.2. The highest BCUT2D eigenvalue weighted by Crippen LogP contribution is 2.20. The van der Waals surface area contributed by atoms with E-state index < -0.39 is 0 Å². The van der Waals surface area contributed by atoms with Crippen LogP contribution in [0.4, 0.5) is 0 Å². The average Bonchev–Trinajstić information content (AvgIpc) is 3.22. The smallest absolute Gasteiger partial charge is 0.251 e. The van der Waals surface area contributed by atoms with Crippen molar-refractivity contribution in [2.75, 3.05) is 13.1 Å². The van der Waals surface area contributed by atoms with Crippen molar-refractivity contribution in [3.63, 3.8) is 0 Å². The summed E-state index contributed by atoms with van der Waals surface area (Å²) in [5, 5.41) is 13.8. The van der Waals surface area contributed by atoms with Crippen LogP contribution in [0.15, 0.2) is 48.5 Å². The summed E-state index contributed by atoms with van der Waals surface area (Å²) >= 11 is 0. The fraction of sp³-hybridized carbons (Fsp3) is 0.316. The number of likely N-dealkylation sites (tertiary alicyclic amines) is 1. The van der Waals surface area contributed by atoms with Crippen LogP contribution >= 0.6 is 0 Å². The van der Waals surface area contributed by atoms with Gasteiger partial charge in [0.15, 0.2) is 0 Å². The fourth-order valence-electron chi connectivity index (χ4n) is 3.46. The number of hydrogen-bond acceptors (Lipinski definition) is 4. The molecular formula is C19H21N5O. The maximum atomic E-state index is 12.6. The third kappa shape index (κ3) is 3.39. The molecule has 1 aliphatic heterocycles. The monoisotopic (exact) mass is 335 g/mol. The molecule has 0 spiro atoms. The molecule has 1 saturated heterocycles. The zero-order chi connectivity index (χ0) is 17.2. The lowest BCUT2D eigenvalue weighted by atomic mass is 10.1. The second-order valence-electron chi connectivity index (χ2n) is 6.76. The normalized spacial score (nSPS) is 20.8. The molecule has 25 heavy (non-hydrogen) atoms. The Morgan fingerprint density at radius 1 is 1.16 bits per heavy atom. The summed E-state index contributed by atoms with van der Waals surface area (Å²) in [6.45, 7) is 4.97. The van der Waals surface area contributed by atoms with Gasteiger partial charge in [-0.1, -0.05) is 37.3 Å². The number of benzene rings is 2. The van der Waals surface area contributed by atoms with Crippen LogP contribution in [0.2, 0.25) is 0 Å². The van der Waals surface area contributed by atoms with E-state index in [1.54, 1.807) is 12.1 Å². The van der Waals surface area contributed by atoms with Gasteiger partial charge < -0.3 is 5.32 Å². The largest absolute Gasteiger partial charge is 0.348 e. The minimum atomic E-state index is -0.0525. The Morgan fingerprint density at radius 3 is 2.80 bits per heavy atom. The van der Waals surface area contributed by atoms with Gasteiger partial charge in [-0.05, 0) is 29.7 Å². The second-order valence-corrected chi connectivity index (χ2v) is 6.76. The lowest BCUT2D eigenvalue weighted by Gasteiger charge is -2.17. The molecule has 1 aromatic heterocycles. The first-order valence-corrected chi connectivity index (χ1v) is 8.57. The molecule has 2 unspecified atom stereocenters. The molecule has 3 aromatic rings. The van der Waals surface area contributed by atoms with Gasteiger partial charge in [-0.2, -0.15) is 15.4 Å². The number of aromatic amines is 1. The van der Waals surface area contributed by atoms with E-state index in [9.17, 15) is 4.79 Å². The molecule has 2 aromatic carbocycles. The van der Waals surface area contributed by atoms with Gasteiger partial charge in [0.2, 0.25) is 0 Å². The number of aromatic nitrogens is 3. The molecule has 6 nitrogen and oxygen atoms in total. The van der Waals surface area contributed by atoms with Gasteiger partial charge in [-0.15, -0.1) is 0 Å². The van der Waals surface area contributed by atoms with Crippen LogP contribution in [-0.4, -0.2) is 45.3 Å². The average molecular weight is 335 g/mol. The van der Waals surface area contributed by atoms with Crippen LogP contribution < -0.4 is 5.32 Å². The van der Waals surface area contributed by atoms with Crippen molar-refractivity contribution in [3.05, 3.63) is 59.7 Å². The summed E-state index contributed by atoms with van der Waals surface area (Å²) in [7, 11) is 0. The molecule has 4 rings (SSSR count). The molecule has 2 atom stereocenters. The predicted molar refractivity (Wildman–Crippen MR) is 96.0 cm³/mol. The Labute approximate surface area is 146 Å². The molecule has 1 aliphatic rings. The van der Waals surface area contributed by atoms with Gasteiger partial charge in [0.05, 0.1) is 0 Å². The van der Waals surface area contributed by atoms with Crippen LogP contribution in [0.25, 0.3) is 11.0 Å². The predicted octanol–water partition coefficient (Wildman–Crippen LogP) is 2.21. The third-order valence-electron chi connectivity index (χ3n) is 4.83. The first-order valence-electron chi connectivity index (χ1n) is 8.57. The van der Waals surface area contributed by atoms with Crippen LogP contribution in [0.3, 0.4) is 0 Å². The minimum Gasteiger partial charge on any atom is -0.348 e. The zero-order valence-corrected chi connectivity index (χ0v) is 14.1.